The lowest BCUT2D eigenvalue weighted by Gasteiger charge is -2.31. The average Bonchev–Trinajstić information content (AvgIpc) is 2.69. The third-order valence-corrected chi connectivity index (χ3v) is 6.12. The van der Waals surface area contributed by atoms with Gasteiger partial charge in [-0.25, -0.2) is 8.42 Å². The van der Waals surface area contributed by atoms with Crippen LogP contribution in [0.2, 0.25) is 10.0 Å². The molecule has 2 aliphatic rings. The Morgan fingerprint density at radius 1 is 1.30 bits per heavy atom. The summed E-state index contributed by atoms with van der Waals surface area (Å²) in [4.78, 5) is 28.7. The number of hydrogen-bond acceptors (Lipinski definition) is 5. The molecule has 0 spiro atoms. The summed E-state index contributed by atoms with van der Waals surface area (Å²) < 4.78 is 27.6. The van der Waals surface area contributed by atoms with E-state index in [0.717, 1.165) is 0 Å². The first-order chi connectivity index (χ1) is 14.2. The van der Waals surface area contributed by atoms with Gasteiger partial charge in [0.05, 0.1) is 22.0 Å². The Hall–Kier alpha value is -2.36. The van der Waals surface area contributed by atoms with Gasteiger partial charge in [0.15, 0.2) is 5.84 Å². The Morgan fingerprint density at radius 2 is 2.07 bits per heavy atom. The number of sulfonamides is 1. The first-order valence-corrected chi connectivity index (χ1v) is 11.6. The molecule has 11 heteroatoms. The monoisotopic (exact) mass is 470 g/mol. The molecule has 2 heterocycles. The molecule has 0 saturated heterocycles. The molecule has 0 aromatic heterocycles. The molecule has 3 rings (SSSR count). The van der Waals surface area contributed by atoms with E-state index < -0.39 is 21.8 Å². The van der Waals surface area contributed by atoms with Gasteiger partial charge in [0.1, 0.15) is 6.54 Å². The van der Waals surface area contributed by atoms with Crippen molar-refractivity contribution in [3.8, 4) is 0 Å². The van der Waals surface area contributed by atoms with Gasteiger partial charge in [0.25, 0.3) is 15.9 Å². The van der Waals surface area contributed by atoms with Crippen LogP contribution in [0.5, 0.6) is 0 Å². The van der Waals surface area contributed by atoms with Crippen LogP contribution in [-0.2, 0) is 19.6 Å². The van der Waals surface area contributed by atoms with Crippen molar-refractivity contribution in [2.75, 3.05) is 30.7 Å². The summed E-state index contributed by atoms with van der Waals surface area (Å²) >= 11 is 12.0. The lowest BCUT2D eigenvalue weighted by atomic mass is 10.1. The molecule has 1 aromatic carbocycles. The Morgan fingerprint density at radius 3 is 2.80 bits per heavy atom. The van der Waals surface area contributed by atoms with Crippen LogP contribution in [0, 0.1) is 0 Å². The average molecular weight is 471 g/mol. The highest BCUT2D eigenvalue weighted by Gasteiger charge is 2.32. The van der Waals surface area contributed by atoms with Gasteiger partial charge in [-0.15, -0.1) is 4.40 Å². The van der Waals surface area contributed by atoms with Gasteiger partial charge < -0.3 is 15.1 Å². The van der Waals surface area contributed by atoms with Crippen LogP contribution >= 0.6 is 23.2 Å². The fourth-order valence-corrected chi connectivity index (χ4v) is 4.35. The van der Waals surface area contributed by atoms with E-state index in [-0.39, 0.29) is 30.3 Å². The summed E-state index contributed by atoms with van der Waals surface area (Å²) in [7, 11) is -3.64. The smallest absolute Gasteiger partial charge is 0.258 e. The van der Waals surface area contributed by atoms with E-state index in [9.17, 15) is 18.0 Å². The number of hydrogen-bond donors (Lipinski definition) is 1. The number of halogens is 2. The maximum absolute atomic E-state index is 13.2. The molecule has 0 fully saturated rings. The molecule has 160 valence electrons. The summed E-state index contributed by atoms with van der Waals surface area (Å²) in [6, 6.07) is 4.67. The van der Waals surface area contributed by atoms with Crippen molar-refractivity contribution in [1.82, 2.24) is 9.80 Å². The van der Waals surface area contributed by atoms with Crippen molar-refractivity contribution in [2.45, 2.75) is 13.3 Å². The molecule has 0 atom stereocenters. The van der Waals surface area contributed by atoms with E-state index in [4.69, 9.17) is 23.2 Å². The zero-order valence-electron chi connectivity index (χ0n) is 16.1. The minimum Gasteiger partial charge on any atom is -0.331 e. The first-order valence-electron chi connectivity index (χ1n) is 9.22. The van der Waals surface area contributed by atoms with Gasteiger partial charge in [-0.2, -0.15) is 0 Å². The highest BCUT2D eigenvalue weighted by molar-refractivity contribution is 7.90. The molecule has 0 unspecified atom stereocenters. The number of nitrogens with one attached hydrogen (secondary N) is 1. The van der Waals surface area contributed by atoms with Gasteiger partial charge in [-0.3, -0.25) is 9.59 Å². The van der Waals surface area contributed by atoms with Crippen molar-refractivity contribution in [1.29, 1.82) is 0 Å². The summed E-state index contributed by atoms with van der Waals surface area (Å²) in [6.07, 6.45) is 5.43. The lowest BCUT2D eigenvalue weighted by Crippen LogP contribution is -2.45. The largest absolute Gasteiger partial charge is 0.331 e. The summed E-state index contributed by atoms with van der Waals surface area (Å²) in [6.45, 7) is 2.15. The van der Waals surface area contributed by atoms with Crippen LogP contribution in [0.4, 0.5) is 5.69 Å². The maximum atomic E-state index is 13.2. The molecule has 0 saturated carbocycles. The second kappa shape index (κ2) is 9.20. The normalized spacial score (nSPS) is 17.0. The summed E-state index contributed by atoms with van der Waals surface area (Å²) in [5.41, 5.74) is 0.467. The minimum atomic E-state index is -3.64. The molecule has 0 radical (unpaired) electrons. The van der Waals surface area contributed by atoms with Crippen LogP contribution in [0.25, 0.3) is 0 Å². The predicted molar refractivity (Wildman–Crippen MR) is 117 cm³/mol. The van der Waals surface area contributed by atoms with Crippen LogP contribution < -0.4 is 5.32 Å². The van der Waals surface area contributed by atoms with E-state index in [1.165, 1.54) is 17.0 Å². The number of amides is 2. The molecular formula is C19H20Cl2N4O4S. The Labute approximate surface area is 184 Å². The predicted octanol–water partition coefficient (Wildman–Crippen LogP) is 2.67. The number of allylic oxidation sites excluding steroid dienone is 2. The number of carbonyl (C=O) groups is 2. The molecule has 0 bridgehead atoms. The van der Waals surface area contributed by atoms with Crippen molar-refractivity contribution in [3.05, 3.63) is 52.2 Å². The maximum Gasteiger partial charge on any atom is 0.258 e. The minimum absolute atomic E-state index is 0.0770. The highest BCUT2D eigenvalue weighted by atomic mass is 35.5. The fourth-order valence-electron chi connectivity index (χ4n) is 3.03. The highest BCUT2D eigenvalue weighted by Crippen LogP contribution is 2.25. The number of nitrogens with zero attached hydrogens (tertiary/aromatic N) is 3. The Bertz CT molecular complexity index is 1070. The standard InChI is InChI=1S/C19H20Cl2N4O4S/c1-2-7-25(12-17(26)22-16-11-13(20)5-6-15(16)21)19(27)14-4-3-8-24-9-10-30(28,29)23-18(14)24/h3-6,8,11H,2,7,9-10,12H2,1H3,(H,22,26). The number of benzene rings is 1. The van der Waals surface area contributed by atoms with Crippen LogP contribution in [0.3, 0.4) is 0 Å². The molecular weight excluding hydrogens is 451 g/mol. The van der Waals surface area contributed by atoms with Gasteiger partial charge in [0.2, 0.25) is 5.91 Å². The van der Waals surface area contributed by atoms with Gasteiger partial charge in [-0.1, -0.05) is 30.1 Å². The number of fused-ring (bicyclic) bond motifs is 1. The Balaban J connectivity index is 1.80. The van der Waals surface area contributed by atoms with Gasteiger partial charge in [-0.05, 0) is 36.8 Å². The number of amidine groups is 1. The van der Waals surface area contributed by atoms with E-state index in [1.807, 2.05) is 6.92 Å². The molecule has 8 nitrogen and oxygen atoms in total. The Kier molecular flexibility index (Phi) is 6.84. The number of anilines is 1. The number of rotatable bonds is 6. The van der Waals surface area contributed by atoms with Crippen molar-refractivity contribution < 1.29 is 18.0 Å². The lowest BCUT2D eigenvalue weighted by molar-refractivity contribution is -0.131. The SMILES string of the molecule is CCCN(CC(=O)Nc1cc(Cl)ccc1Cl)C(=O)C1=CC=CN2CCS(=O)(=O)N=C12. The molecule has 1 aromatic rings. The van der Waals surface area contributed by atoms with Gasteiger partial charge in [0, 0.05) is 24.3 Å². The van der Waals surface area contributed by atoms with Crippen LogP contribution in [0.1, 0.15) is 13.3 Å². The van der Waals surface area contributed by atoms with E-state index >= 15 is 0 Å². The number of carbonyl (C=O) groups excluding carboxylic acids is 2. The molecule has 2 amide bonds. The van der Waals surface area contributed by atoms with E-state index in [1.54, 1.807) is 29.3 Å². The van der Waals surface area contributed by atoms with Crippen molar-refractivity contribution >= 4 is 56.6 Å². The zero-order valence-corrected chi connectivity index (χ0v) is 18.5. The molecule has 30 heavy (non-hydrogen) atoms. The van der Waals surface area contributed by atoms with E-state index in [2.05, 4.69) is 9.71 Å². The fraction of sp³-hybridized carbons (Fsp3) is 0.316. The quantitative estimate of drug-likeness (QED) is 0.688. The van der Waals surface area contributed by atoms with Crippen LogP contribution in [0.15, 0.2) is 46.5 Å². The van der Waals surface area contributed by atoms with Crippen LogP contribution in [-0.4, -0.2) is 61.3 Å². The topological polar surface area (TPSA) is 99.1 Å². The second-order valence-electron chi connectivity index (χ2n) is 6.72. The second-order valence-corrected chi connectivity index (χ2v) is 9.31. The molecule has 0 aliphatic carbocycles. The molecule has 1 N–H and O–H groups in total. The first kappa shape index (κ1) is 22.3. The summed E-state index contributed by atoms with van der Waals surface area (Å²) in [5, 5.41) is 3.38. The summed E-state index contributed by atoms with van der Waals surface area (Å²) in [5.74, 6) is -0.977. The zero-order chi connectivity index (χ0) is 21.9. The van der Waals surface area contributed by atoms with Crippen molar-refractivity contribution in [2.24, 2.45) is 4.40 Å². The third kappa shape index (κ3) is 5.21. The van der Waals surface area contributed by atoms with Crippen molar-refractivity contribution in [3.63, 3.8) is 0 Å². The molecule has 2 aliphatic heterocycles. The third-order valence-electron chi connectivity index (χ3n) is 4.41. The van der Waals surface area contributed by atoms with E-state index in [0.29, 0.717) is 28.7 Å². The van der Waals surface area contributed by atoms with Gasteiger partial charge >= 0.3 is 0 Å².